The fraction of sp³-hybridized carbons (Fsp3) is 0.519. The van der Waals surface area contributed by atoms with Gasteiger partial charge in [-0.15, -0.1) is 0 Å². The van der Waals surface area contributed by atoms with Crippen LogP contribution >= 0.6 is 0 Å². The van der Waals surface area contributed by atoms with E-state index in [2.05, 4.69) is 60.0 Å². The van der Waals surface area contributed by atoms with Crippen molar-refractivity contribution < 1.29 is 14.6 Å². The second kappa shape index (κ2) is 10.5. The highest BCUT2D eigenvalue weighted by Crippen LogP contribution is 2.38. The molecule has 2 aliphatic rings. The topological polar surface area (TPSA) is 70.6 Å². The summed E-state index contributed by atoms with van der Waals surface area (Å²) < 4.78 is 6.15. The van der Waals surface area contributed by atoms with Crippen LogP contribution < -0.4 is 15.4 Å². The fourth-order valence-corrected chi connectivity index (χ4v) is 5.48. The van der Waals surface area contributed by atoms with E-state index in [0.29, 0.717) is 24.8 Å². The molecule has 3 N–H and O–H groups in total. The molecule has 0 amide bonds. The van der Waals surface area contributed by atoms with E-state index in [0.717, 1.165) is 18.7 Å². The van der Waals surface area contributed by atoms with Gasteiger partial charge in [-0.05, 0) is 92.3 Å². The first-order chi connectivity index (χ1) is 15.5. The van der Waals surface area contributed by atoms with Crippen LogP contribution in [-0.4, -0.2) is 36.8 Å². The van der Waals surface area contributed by atoms with Gasteiger partial charge in [0.2, 0.25) is 0 Å². The van der Waals surface area contributed by atoms with Crippen LogP contribution in [0.15, 0.2) is 42.5 Å². The van der Waals surface area contributed by atoms with Gasteiger partial charge < -0.3 is 20.5 Å². The minimum absolute atomic E-state index is 0.0844. The number of hydrogen-bond donors (Lipinski definition) is 3. The Labute approximate surface area is 191 Å². The summed E-state index contributed by atoms with van der Waals surface area (Å²) in [6.07, 6.45) is 6.54. The molecular weight excluding hydrogens is 400 g/mol. The summed E-state index contributed by atoms with van der Waals surface area (Å²) in [5.41, 5.74) is 5.49. The number of carboxylic acid groups (broad SMARTS) is 1. The zero-order chi connectivity index (χ0) is 22.5. The molecule has 0 spiro atoms. The standard InChI is InChI=1S/C27H36N2O3/c1-18-11-20(14-23(12-18)32-24-15-26(27(30)31)29-17-24)13-19-7-9-21(10-8-19)25-6-4-3-5-22(25)16-28-2/h3-6,11-12,14,19,21,24,26,28-29H,7-10,13,15-17H2,1-2H3,(H,30,31)/t19-,21-,24-,26-/m0/s1. The first kappa shape index (κ1) is 22.8. The van der Waals surface area contributed by atoms with Crippen LogP contribution in [0.1, 0.15) is 60.3 Å². The van der Waals surface area contributed by atoms with Gasteiger partial charge in [0.15, 0.2) is 0 Å². The van der Waals surface area contributed by atoms with Crippen LogP contribution in [0.2, 0.25) is 0 Å². The molecule has 1 saturated carbocycles. The molecule has 2 atom stereocenters. The second-order valence-electron chi connectivity index (χ2n) is 9.58. The number of carbonyl (C=O) groups is 1. The Kier molecular flexibility index (Phi) is 7.48. The first-order valence-electron chi connectivity index (χ1n) is 12.0. The molecular formula is C27H36N2O3. The van der Waals surface area contributed by atoms with E-state index in [9.17, 15) is 9.90 Å². The average Bonchev–Trinajstić information content (AvgIpc) is 3.23. The summed E-state index contributed by atoms with van der Waals surface area (Å²) in [7, 11) is 2.02. The molecule has 1 aliphatic carbocycles. The lowest BCUT2D eigenvalue weighted by Crippen LogP contribution is -2.30. The van der Waals surface area contributed by atoms with E-state index < -0.39 is 12.0 Å². The molecule has 1 saturated heterocycles. The minimum Gasteiger partial charge on any atom is -0.489 e. The molecule has 2 fully saturated rings. The largest absolute Gasteiger partial charge is 0.489 e. The molecule has 172 valence electrons. The lowest BCUT2D eigenvalue weighted by atomic mass is 9.75. The van der Waals surface area contributed by atoms with Crippen molar-refractivity contribution in [1.82, 2.24) is 10.6 Å². The molecule has 5 heteroatoms. The van der Waals surface area contributed by atoms with Crippen molar-refractivity contribution in [2.75, 3.05) is 13.6 Å². The highest BCUT2D eigenvalue weighted by atomic mass is 16.5. The molecule has 5 nitrogen and oxygen atoms in total. The third-order valence-electron chi connectivity index (χ3n) is 7.04. The average molecular weight is 437 g/mol. The molecule has 0 unspecified atom stereocenters. The van der Waals surface area contributed by atoms with Gasteiger partial charge >= 0.3 is 5.97 Å². The normalized spacial score (nSPS) is 25.6. The van der Waals surface area contributed by atoms with Gasteiger partial charge in [0.05, 0.1) is 0 Å². The molecule has 1 aliphatic heterocycles. The number of benzene rings is 2. The van der Waals surface area contributed by atoms with Crippen LogP contribution in [0.4, 0.5) is 0 Å². The summed E-state index contributed by atoms with van der Waals surface area (Å²) in [4.78, 5) is 11.2. The number of ether oxygens (including phenoxy) is 1. The van der Waals surface area contributed by atoms with Gasteiger partial charge in [-0.3, -0.25) is 4.79 Å². The SMILES string of the molecule is CNCc1ccccc1[C@H]1CC[C@H](Cc2cc(C)cc(O[C@@H]3CN[C@H](C(=O)O)C3)c2)CC1. The lowest BCUT2D eigenvalue weighted by Gasteiger charge is -2.30. The molecule has 0 radical (unpaired) electrons. The predicted octanol–water partition coefficient (Wildman–Crippen LogP) is 4.42. The van der Waals surface area contributed by atoms with E-state index in [4.69, 9.17) is 4.74 Å². The summed E-state index contributed by atoms with van der Waals surface area (Å²) in [6, 6.07) is 14.9. The summed E-state index contributed by atoms with van der Waals surface area (Å²) >= 11 is 0. The van der Waals surface area contributed by atoms with E-state index >= 15 is 0 Å². The van der Waals surface area contributed by atoms with Gasteiger partial charge in [-0.25, -0.2) is 0 Å². The molecule has 0 bridgehead atoms. The third kappa shape index (κ3) is 5.70. The van der Waals surface area contributed by atoms with Crippen molar-refractivity contribution in [3.05, 3.63) is 64.7 Å². The number of hydrogen-bond acceptors (Lipinski definition) is 4. The number of carboxylic acids is 1. The maximum Gasteiger partial charge on any atom is 0.320 e. The van der Waals surface area contributed by atoms with Gasteiger partial charge in [0, 0.05) is 19.5 Å². The number of aliphatic carboxylic acids is 1. The van der Waals surface area contributed by atoms with Crippen LogP contribution in [-0.2, 0) is 17.8 Å². The second-order valence-corrected chi connectivity index (χ2v) is 9.58. The van der Waals surface area contributed by atoms with Gasteiger partial charge in [-0.2, -0.15) is 0 Å². The van der Waals surface area contributed by atoms with Crippen molar-refractivity contribution in [2.24, 2.45) is 5.92 Å². The Hall–Kier alpha value is -2.37. The van der Waals surface area contributed by atoms with Crippen LogP contribution in [0.5, 0.6) is 5.75 Å². The molecule has 1 heterocycles. The number of rotatable bonds is 8. The Morgan fingerprint density at radius 2 is 1.94 bits per heavy atom. The van der Waals surface area contributed by atoms with Crippen molar-refractivity contribution in [3.63, 3.8) is 0 Å². The smallest absolute Gasteiger partial charge is 0.320 e. The molecule has 0 aromatic heterocycles. The molecule has 4 rings (SSSR count). The Morgan fingerprint density at radius 1 is 1.16 bits per heavy atom. The highest BCUT2D eigenvalue weighted by Gasteiger charge is 2.30. The number of aryl methyl sites for hydroxylation is 1. The quantitative estimate of drug-likeness (QED) is 0.571. The van der Waals surface area contributed by atoms with Crippen LogP contribution in [0, 0.1) is 12.8 Å². The summed E-state index contributed by atoms with van der Waals surface area (Å²) in [6.45, 7) is 3.63. The van der Waals surface area contributed by atoms with Gasteiger partial charge in [0.1, 0.15) is 17.9 Å². The predicted molar refractivity (Wildman–Crippen MR) is 127 cm³/mol. The van der Waals surface area contributed by atoms with Gasteiger partial charge in [0.25, 0.3) is 0 Å². The zero-order valence-corrected chi connectivity index (χ0v) is 19.3. The van der Waals surface area contributed by atoms with Gasteiger partial charge in [-0.1, -0.05) is 30.3 Å². The fourth-order valence-electron chi connectivity index (χ4n) is 5.48. The Balaban J connectivity index is 1.34. The van der Waals surface area contributed by atoms with E-state index in [1.54, 1.807) is 0 Å². The first-order valence-corrected chi connectivity index (χ1v) is 12.0. The monoisotopic (exact) mass is 436 g/mol. The van der Waals surface area contributed by atoms with Crippen molar-refractivity contribution in [1.29, 1.82) is 0 Å². The van der Waals surface area contributed by atoms with E-state index in [1.165, 1.54) is 47.9 Å². The maximum atomic E-state index is 11.2. The van der Waals surface area contributed by atoms with Crippen molar-refractivity contribution in [3.8, 4) is 5.75 Å². The number of nitrogens with one attached hydrogen (secondary N) is 2. The van der Waals surface area contributed by atoms with Crippen molar-refractivity contribution >= 4 is 5.97 Å². The summed E-state index contributed by atoms with van der Waals surface area (Å²) in [5.74, 6) is 1.45. The van der Waals surface area contributed by atoms with E-state index in [-0.39, 0.29) is 6.10 Å². The molecule has 2 aromatic carbocycles. The minimum atomic E-state index is -0.801. The molecule has 2 aromatic rings. The van der Waals surface area contributed by atoms with Crippen molar-refractivity contribution in [2.45, 2.75) is 70.1 Å². The molecule has 32 heavy (non-hydrogen) atoms. The summed E-state index contributed by atoms with van der Waals surface area (Å²) in [5, 5.41) is 15.5. The third-order valence-corrected chi connectivity index (χ3v) is 7.04. The Morgan fingerprint density at radius 3 is 2.66 bits per heavy atom. The van der Waals surface area contributed by atoms with Crippen LogP contribution in [0.25, 0.3) is 0 Å². The zero-order valence-electron chi connectivity index (χ0n) is 19.3. The maximum absolute atomic E-state index is 11.2. The highest BCUT2D eigenvalue weighted by molar-refractivity contribution is 5.73. The lowest BCUT2D eigenvalue weighted by molar-refractivity contribution is -0.139. The van der Waals surface area contributed by atoms with E-state index in [1.807, 2.05) is 7.05 Å². The Bertz CT molecular complexity index is 921. The van der Waals surface area contributed by atoms with Crippen LogP contribution in [0.3, 0.4) is 0 Å².